The van der Waals surface area contributed by atoms with E-state index in [-0.39, 0.29) is 6.61 Å². The third kappa shape index (κ3) is 6.31. The zero-order chi connectivity index (χ0) is 19.1. The van der Waals surface area contributed by atoms with Crippen LogP contribution in [0.5, 0.6) is 0 Å². The molecule has 10 nitrogen and oxygen atoms in total. The van der Waals surface area contributed by atoms with Crippen molar-refractivity contribution in [3.05, 3.63) is 0 Å². The van der Waals surface area contributed by atoms with Gasteiger partial charge in [0.15, 0.2) is 12.2 Å². The highest BCUT2D eigenvalue weighted by atomic mass is 16.7. The van der Waals surface area contributed by atoms with Crippen LogP contribution in [-0.4, -0.2) is 68.3 Å². The fourth-order valence-electron chi connectivity index (χ4n) is 2.39. The van der Waals surface area contributed by atoms with Gasteiger partial charge in [-0.1, -0.05) is 0 Å². The molecule has 0 aromatic carbocycles. The van der Waals surface area contributed by atoms with Gasteiger partial charge in [0.1, 0.15) is 18.8 Å². The molecule has 0 saturated carbocycles. The molecule has 0 spiro atoms. The van der Waals surface area contributed by atoms with E-state index in [2.05, 4.69) is 0 Å². The number of hydrogen-bond donors (Lipinski definition) is 0. The number of hydrogen-bond acceptors (Lipinski definition) is 10. The molecule has 0 aromatic heterocycles. The molecule has 1 rings (SSSR count). The van der Waals surface area contributed by atoms with E-state index in [1.165, 1.54) is 21.0 Å². The molecule has 1 aliphatic heterocycles. The van der Waals surface area contributed by atoms with Gasteiger partial charge in [-0.15, -0.1) is 0 Å². The normalized spacial score (nSPS) is 28.6. The Labute approximate surface area is 144 Å². The summed E-state index contributed by atoms with van der Waals surface area (Å²) in [5.41, 5.74) is 0. The van der Waals surface area contributed by atoms with Gasteiger partial charge in [0, 0.05) is 34.8 Å². The van der Waals surface area contributed by atoms with Gasteiger partial charge in [-0.25, -0.2) is 0 Å². The predicted molar refractivity (Wildman–Crippen MR) is 79.0 cm³/mol. The lowest BCUT2D eigenvalue weighted by Crippen LogP contribution is -2.62. The van der Waals surface area contributed by atoms with E-state index in [1.54, 1.807) is 0 Å². The number of esters is 4. The molecule has 0 bridgehead atoms. The summed E-state index contributed by atoms with van der Waals surface area (Å²) in [5.74, 6) is -2.58. The summed E-state index contributed by atoms with van der Waals surface area (Å²) in [5, 5.41) is 0. The van der Waals surface area contributed by atoms with Crippen LogP contribution >= 0.6 is 0 Å². The van der Waals surface area contributed by atoms with Gasteiger partial charge < -0.3 is 28.4 Å². The molecule has 142 valence electrons. The highest BCUT2D eigenvalue weighted by Gasteiger charge is 2.52. The Bertz CT molecular complexity index is 516. The van der Waals surface area contributed by atoms with E-state index in [0.29, 0.717) is 0 Å². The Morgan fingerprint density at radius 1 is 0.760 bits per heavy atom. The molecule has 1 fully saturated rings. The zero-order valence-corrected chi connectivity index (χ0v) is 14.7. The third-order valence-corrected chi connectivity index (χ3v) is 3.20. The van der Waals surface area contributed by atoms with Gasteiger partial charge in [0.25, 0.3) is 0 Å². The average molecular weight is 362 g/mol. The minimum Gasteiger partial charge on any atom is -0.463 e. The van der Waals surface area contributed by atoms with Crippen LogP contribution in [0.2, 0.25) is 0 Å². The van der Waals surface area contributed by atoms with Crippen LogP contribution in [0.25, 0.3) is 0 Å². The number of carbonyl (C=O) groups is 4. The molecular weight excluding hydrogens is 340 g/mol. The van der Waals surface area contributed by atoms with Crippen molar-refractivity contribution in [3.63, 3.8) is 0 Å². The smallest absolute Gasteiger partial charge is 0.305 e. The minimum atomic E-state index is -1.32. The van der Waals surface area contributed by atoms with Crippen molar-refractivity contribution in [1.29, 1.82) is 0 Å². The number of methoxy groups -OCH3 is 1. The van der Waals surface area contributed by atoms with E-state index in [9.17, 15) is 19.2 Å². The van der Waals surface area contributed by atoms with Crippen molar-refractivity contribution in [1.82, 2.24) is 0 Å². The molecular formula is C15H22O10. The minimum absolute atomic E-state index is 0.280. The standard InChI is InChI=1S/C15H22O10/c1-7(16)21-6-11-12(22-8(2)17)13(20-5)14(23-9(3)18)15(25-11)24-10(4)19/h11-15H,6H2,1-5H3/t11-,12-,13+,14-,15+/m1/s1. The molecule has 1 saturated heterocycles. The lowest BCUT2D eigenvalue weighted by Gasteiger charge is -2.43. The fraction of sp³-hybridized carbons (Fsp3) is 0.733. The number of carbonyl (C=O) groups excluding carboxylic acids is 4. The van der Waals surface area contributed by atoms with Crippen molar-refractivity contribution in [2.45, 2.75) is 58.4 Å². The highest BCUT2D eigenvalue weighted by molar-refractivity contribution is 5.68. The van der Waals surface area contributed by atoms with Gasteiger partial charge in [-0.2, -0.15) is 0 Å². The summed E-state index contributed by atoms with van der Waals surface area (Å²) in [4.78, 5) is 45.2. The fourth-order valence-corrected chi connectivity index (χ4v) is 2.39. The molecule has 10 heteroatoms. The van der Waals surface area contributed by atoms with Gasteiger partial charge in [0.2, 0.25) is 6.29 Å². The Morgan fingerprint density at radius 3 is 1.72 bits per heavy atom. The van der Waals surface area contributed by atoms with Crippen LogP contribution in [0.3, 0.4) is 0 Å². The second kappa shape index (κ2) is 9.33. The Morgan fingerprint density at radius 2 is 1.28 bits per heavy atom. The maximum absolute atomic E-state index is 11.4. The van der Waals surface area contributed by atoms with E-state index in [1.807, 2.05) is 0 Å². The molecule has 0 aliphatic carbocycles. The Hall–Kier alpha value is -2.20. The van der Waals surface area contributed by atoms with Crippen LogP contribution in [-0.2, 0) is 47.6 Å². The Kier molecular flexibility index (Phi) is 7.78. The summed E-state index contributed by atoms with van der Waals surface area (Å²) in [6, 6.07) is 0. The monoisotopic (exact) mass is 362 g/mol. The summed E-state index contributed by atoms with van der Waals surface area (Å²) in [7, 11) is 1.30. The molecule has 0 amide bonds. The summed E-state index contributed by atoms with van der Waals surface area (Å²) in [6.07, 6.45) is -5.55. The number of rotatable bonds is 6. The van der Waals surface area contributed by atoms with Gasteiger partial charge >= 0.3 is 23.9 Å². The van der Waals surface area contributed by atoms with Gasteiger partial charge in [-0.05, 0) is 0 Å². The summed E-state index contributed by atoms with van der Waals surface area (Å²) in [6.45, 7) is 4.40. The molecule has 1 aliphatic rings. The first kappa shape index (κ1) is 20.8. The lowest BCUT2D eigenvalue weighted by molar-refractivity contribution is -0.301. The average Bonchev–Trinajstić information content (AvgIpc) is 2.46. The zero-order valence-electron chi connectivity index (χ0n) is 14.7. The molecule has 0 radical (unpaired) electrons. The number of ether oxygens (including phenoxy) is 6. The summed E-state index contributed by atoms with van der Waals surface area (Å²) < 4.78 is 31.1. The Balaban J connectivity index is 3.14. The van der Waals surface area contributed by atoms with E-state index >= 15 is 0 Å². The topological polar surface area (TPSA) is 124 Å². The van der Waals surface area contributed by atoms with Crippen LogP contribution in [0.4, 0.5) is 0 Å². The van der Waals surface area contributed by atoms with Crippen LogP contribution in [0.1, 0.15) is 27.7 Å². The molecule has 0 unspecified atom stereocenters. The van der Waals surface area contributed by atoms with Crippen LogP contribution in [0.15, 0.2) is 0 Å². The van der Waals surface area contributed by atoms with E-state index in [4.69, 9.17) is 28.4 Å². The van der Waals surface area contributed by atoms with Crippen molar-refractivity contribution in [3.8, 4) is 0 Å². The van der Waals surface area contributed by atoms with Crippen molar-refractivity contribution >= 4 is 23.9 Å². The summed E-state index contributed by atoms with van der Waals surface area (Å²) >= 11 is 0. The SMILES string of the molecule is CO[C@@H]1[C@@H](OC(C)=O)[C@@H](OC(C)=O)O[C@H](COC(C)=O)[C@H]1OC(C)=O. The van der Waals surface area contributed by atoms with Crippen molar-refractivity contribution in [2.75, 3.05) is 13.7 Å². The quantitative estimate of drug-likeness (QED) is 0.460. The first-order chi connectivity index (χ1) is 11.6. The van der Waals surface area contributed by atoms with Gasteiger partial charge in [0.05, 0.1) is 0 Å². The largest absolute Gasteiger partial charge is 0.463 e. The predicted octanol–water partition coefficient (Wildman–Crippen LogP) is -0.284. The first-order valence-electron chi connectivity index (χ1n) is 7.49. The van der Waals surface area contributed by atoms with E-state index < -0.39 is 54.6 Å². The molecule has 1 heterocycles. The second-order valence-electron chi connectivity index (χ2n) is 5.30. The van der Waals surface area contributed by atoms with Gasteiger partial charge in [-0.3, -0.25) is 19.2 Å². The molecule has 0 N–H and O–H groups in total. The van der Waals surface area contributed by atoms with Crippen LogP contribution in [0, 0.1) is 0 Å². The first-order valence-corrected chi connectivity index (χ1v) is 7.49. The maximum Gasteiger partial charge on any atom is 0.305 e. The second-order valence-corrected chi connectivity index (χ2v) is 5.30. The molecule has 0 aromatic rings. The third-order valence-electron chi connectivity index (χ3n) is 3.20. The maximum atomic E-state index is 11.4. The lowest BCUT2D eigenvalue weighted by atomic mass is 9.98. The highest BCUT2D eigenvalue weighted by Crippen LogP contribution is 2.29. The van der Waals surface area contributed by atoms with E-state index in [0.717, 1.165) is 13.8 Å². The molecule has 25 heavy (non-hydrogen) atoms. The molecule has 5 atom stereocenters. The van der Waals surface area contributed by atoms with Crippen molar-refractivity contribution in [2.24, 2.45) is 0 Å². The van der Waals surface area contributed by atoms with Crippen LogP contribution < -0.4 is 0 Å². The van der Waals surface area contributed by atoms with Crippen molar-refractivity contribution < 1.29 is 47.6 Å².